The van der Waals surface area contributed by atoms with Crippen LogP contribution in [0.5, 0.6) is 0 Å². The maximum Gasteiger partial charge on any atom is 0.408 e. The number of nitrogens with two attached hydrogens (primary N) is 2. The topological polar surface area (TPSA) is 188 Å². The third-order valence-corrected chi connectivity index (χ3v) is 8.93. The van der Waals surface area contributed by atoms with E-state index in [1.54, 1.807) is 53.1 Å². The summed E-state index contributed by atoms with van der Waals surface area (Å²) in [5.41, 5.74) is 10.7. The number of rotatable bonds is 10. The van der Waals surface area contributed by atoms with Gasteiger partial charge in [0, 0.05) is 30.7 Å². The van der Waals surface area contributed by atoms with E-state index in [0.29, 0.717) is 29.7 Å². The molecule has 2 atom stereocenters. The molecule has 1 aromatic heterocycles. The van der Waals surface area contributed by atoms with Crippen molar-refractivity contribution in [2.24, 2.45) is 23.3 Å². The molecule has 0 radical (unpaired) electrons. The Morgan fingerprint density at radius 2 is 1.22 bits per heavy atom. The second-order valence-corrected chi connectivity index (χ2v) is 15.5. The monoisotopic (exact) mass is 712 g/mol. The molecule has 3 amide bonds. The molecule has 2 fully saturated rings. The average molecular weight is 713 g/mol. The van der Waals surface area contributed by atoms with Gasteiger partial charge >= 0.3 is 12.2 Å². The molecule has 1 aromatic rings. The molecule has 0 saturated heterocycles. The van der Waals surface area contributed by atoms with Crippen molar-refractivity contribution in [2.45, 2.75) is 155 Å². The number of amides is 3. The number of Topliss-reactive ketones (excluding diaryl/α,β-unsaturated/α-hetero) is 1. The van der Waals surface area contributed by atoms with Crippen LogP contribution in [-0.4, -0.2) is 83.5 Å². The number of hydroxylamine groups is 2. The highest BCUT2D eigenvalue weighted by molar-refractivity contribution is 7.11. The van der Waals surface area contributed by atoms with Crippen molar-refractivity contribution >= 4 is 35.2 Å². The normalized spacial score (nSPS) is 22.0. The Kier molecular flexibility index (Phi) is 19.3. The fourth-order valence-electron chi connectivity index (χ4n) is 5.67. The Morgan fingerprint density at radius 3 is 1.59 bits per heavy atom. The zero-order valence-electron chi connectivity index (χ0n) is 31.5. The van der Waals surface area contributed by atoms with Crippen LogP contribution in [-0.2, 0) is 19.1 Å². The minimum atomic E-state index is -0.658. The second kappa shape index (κ2) is 21.4. The van der Waals surface area contributed by atoms with Crippen molar-refractivity contribution in [1.29, 1.82) is 0 Å². The molecule has 0 aliphatic heterocycles. The number of alkyl carbamates (subject to hydrolysis) is 2. The third kappa shape index (κ3) is 18.1. The summed E-state index contributed by atoms with van der Waals surface area (Å²) in [6.45, 7) is 14.7. The Balaban J connectivity index is 0.000000467. The average Bonchev–Trinajstić information content (AvgIpc) is 3.56. The summed E-state index contributed by atoms with van der Waals surface area (Å²) >= 11 is 1.29. The van der Waals surface area contributed by atoms with Crippen LogP contribution in [0.4, 0.5) is 9.59 Å². The van der Waals surface area contributed by atoms with Crippen LogP contribution in [0, 0.1) is 11.8 Å². The molecule has 0 aromatic carbocycles. The molecule has 6 N–H and O–H groups in total. The number of hydrogen-bond acceptors (Lipinski definition) is 11. The minimum absolute atomic E-state index is 0.147. The Bertz CT molecular complexity index is 1120. The SMILES string of the molecule is CC.CC(C)(C)OC(=O)N[C@@H](CC1CCC(N)CC1)C(=O)c1nccs1.CON(C)C(=O)[C@H](CC1CCC(N)CC1)NC(=O)OC(C)(C)C. The van der Waals surface area contributed by atoms with E-state index < -0.39 is 35.5 Å². The standard InChI is InChI=1S/C17H27N3O3S.C16H31N3O4.C2H6/c1-17(2,3)23-16(22)20-13(14(21)15-19-8-9-24-15)10-11-4-6-12(18)7-5-11;1-16(2,3)23-15(21)18-13(14(20)19(4)22-5)10-11-6-8-12(17)9-7-11;1-2/h8-9,11-13H,4-7,10,18H2,1-3H3,(H,20,22);11-13H,6-10,17H2,1-5H3,(H,18,21);1-2H3/t2*11?,12?,13-;/m00./s1. The summed E-state index contributed by atoms with van der Waals surface area (Å²) in [7, 11) is 2.95. The summed E-state index contributed by atoms with van der Waals surface area (Å²) in [5, 5.41) is 8.75. The molecule has 13 nitrogen and oxygen atoms in total. The molecule has 2 aliphatic rings. The lowest BCUT2D eigenvalue weighted by Gasteiger charge is -2.31. The first-order valence-electron chi connectivity index (χ1n) is 17.6. The molecule has 49 heavy (non-hydrogen) atoms. The smallest absolute Gasteiger partial charge is 0.408 e. The van der Waals surface area contributed by atoms with Crippen molar-refractivity contribution in [3.8, 4) is 0 Å². The van der Waals surface area contributed by atoms with E-state index in [2.05, 4.69) is 15.6 Å². The Labute approximate surface area is 297 Å². The summed E-state index contributed by atoms with van der Waals surface area (Å²) in [6.07, 6.45) is 9.37. The number of carbonyl (C=O) groups is 4. The Hall–Kier alpha value is -2.81. The highest BCUT2D eigenvalue weighted by atomic mass is 32.1. The van der Waals surface area contributed by atoms with Crippen LogP contribution in [0.25, 0.3) is 0 Å². The van der Waals surface area contributed by atoms with Gasteiger partial charge in [-0.15, -0.1) is 11.3 Å². The highest BCUT2D eigenvalue weighted by Gasteiger charge is 2.32. The van der Waals surface area contributed by atoms with Crippen molar-refractivity contribution in [3.05, 3.63) is 16.6 Å². The molecule has 0 spiro atoms. The number of thiazole rings is 1. The second-order valence-electron chi connectivity index (χ2n) is 14.7. The van der Waals surface area contributed by atoms with E-state index in [1.807, 2.05) is 13.8 Å². The van der Waals surface area contributed by atoms with Crippen molar-refractivity contribution in [1.82, 2.24) is 20.7 Å². The maximum absolute atomic E-state index is 12.7. The summed E-state index contributed by atoms with van der Waals surface area (Å²) in [6, 6.07) is -0.756. The van der Waals surface area contributed by atoms with E-state index in [-0.39, 0.29) is 23.8 Å². The summed E-state index contributed by atoms with van der Waals surface area (Å²) in [5.74, 6) is 0.316. The van der Waals surface area contributed by atoms with E-state index in [9.17, 15) is 19.2 Å². The van der Waals surface area contributed by atoms with Crippen LogP contribution in [0.1, 0.15) is 129 Å². The van der Waals surface area contributed by atoms with Gasteiger partial charge in [0.15, 0.2) is 5.01 Å². The van der Waals surface area contributed by atoms with Crippen LogP contribution in [0.3, 0.4) is 0 Å². The molecule has 282 valence electrons. The van der Waals surface area contributed by atoms with Crippen molar-refractivity contribution < 1.29 is 33.5 Å². The predicted molar refractivity (Wildman–Crippen MR) is 193 cm³/mol. The van der Waals surface area contributed by atoms with Gasteiger partial charge in [-0.3, -0.25) is 14.4 Å². The number of hydrogen-bond donors (Lipinski definition) is 4. The lowest BCUT2D eigenvalue weighted by molar-refractivity contribution is -0.171. The number of nitrogens with one attached hydrogen (secondary N) is 2. The first kappa shape index (κ1) is 44.2. The molecule has 2 saturated carbocycles. The third-order valence-electron chi connectivity index (χ3n) is 8.14. The predicted octanol–water partition coefficient (Wildman–Crippen LogP) is 5.96. The molecule has 2 aliphatic carbocycles. The van der Waals surface area contributed by atoms with Crippen LogP contribution in [0.15, 0.2) is 11.6 Å². The van der Waals surface area contributed by atoms with Gasteiger partial charge in [-0.1, -0.05) is 13.8 Å². The van der Waals surface area contributed by atoms with Crippen molar-refractivity contribution in [3.63, 3.8) is 0 Å². The maximum atomic E-state index is 12.7. The van der Waals surface area contributed by atoms with Gasteiger partial charge in [0.1, 0.15) is 17.2 Å². The van der Waals surface area contributed by atoms with Gasteiger partial charge < -0.3 is 31.6 Å². The molecule has 1 heterocycles. The fraction of sp³-hybridized carbons (Fsp3) is 0.800. The van der Waals surface area contributed by atoms with Gasteiger partial charge in [-0.25, -0.2) is 19.6 Å². The molecule has 0 unspecified atom stereocenters. The van der Waals surface area contributed by atoms with E-state index >= 15 is 0 Å². The molecular formula is C35H64N6O7S. The molecule has 3 rings (SSSR count). The largest absolute Gasteiger partial charge is 0.444 e. The van der Waals surface area contributed by atoms with Gasteiger partial charge in [-0.2, -0.15) is 0 Å². The lowest BCUT2D eigenvalue weighted by Crippen LogP contribution is -2.49. The first-order valence-corrected chi connectivity index (χ1v) is 18.5. The summed E-state index contributed by atoms with van der Waals surface area (Å²) in [4.78, 5) is 58.3. The zero-order chi connectivity index (χ0) is 37.4. The van der Waals surface area contributed by atoms with E-state index in [1.165, 1.54) is 25.5 Å². The van der Waals surface area contributed by atoms with Crippen LogP contribution in [0.2, 0.25) is 0 Å². The number of ether oxygens (including phenoxy) is 2. The van der Waals surface area contributed by atoms with Gasteiger partial charge in [0.05, 0.1) is 13.2 Å². The van der Waals surface area contributed by atoms with E-state index in [0.717, 1.165) is 56.4 Å². The molecule has 0 bridgehead atoms. The van der Waals surface area contributed by atoms with Gasteiger partial charge in [-0.05, 0) is 118 Å². The van der Waals surface area contributed by atoms with Crippen molar-refractivity contribution in [2.75, 3.05) is 14.2 Å². The Morgan fingerprint density at radius 1 is 0.816 bits per heavy atom. The molecule has 14 heteroatoms. The fourth-order valence-corrected chi connectivity index (χ4v) is 6.30. The van der Waals surface area contributed by atoms with Gasteiger partial charge in [0.25, 0.3) is 5.91 Å². The number of nitrogens with zero attached hydrogens (tertiary/aromatic N) is 2. The number of aromatic nitrogens is 1. The lowest BCUT2D eigenvalue weighted by atomic mass is 9.82. The zero-order valence-corrected chi connectivity index (χ0v) is 32.3. The summed E-state index contributed by atoms with van der Waals surface area (Å²) < 4.78 is 10.6. The highest BCUT2D eigenvalue weighted by Crippen LogP contribution is 2.29. The number of ketones is 1. The minimum Gasteiger partial charge on any atom is -0.444 e. The number of carbonyl (C=O) groups excluding carboxylic acids is 4. The first-order chi connectivity index (χ1) is 22.9. The van der Waals surface area contributed by atoms with Crippen LogP contribution < -0.4 is 22.1 Å². The van der Waals surface area contributed by atoms with Gasteiger partial charge in [0.2, 0.25) is 5.78 Å². The quantitative estimate of drug-likeness (QED) is 0.166. The van der Waals surface area contributed by atoms with Crippen LogP contribution >= 0.6 is 11.3 Å². The molecular weight excluding hydrogens is 648 g/mol. The van der Waals surface area contributed by atoms with E-state index in [4.69, 9.17) is 25.8 Å². The number of likely N-dealkylation sites (N-methyl/N-ethyl adjacent to an activating group) is 1.